The van der Waals surface area contributed by atoms with Crippen LogP contribution in [-0.2, 0) is 35.0 Å². The van der Waals surface area contributed by atoms with Gasteiger partial charge in [-0.05, 0) is 67.4 Å². The molecule has 1 saturated heterocycles. The smallest absolute Gasteiger partial charge is 0.347 e. The summed E-state index contributed by atoms with van der Waals surface area (Å²) >= 11 is 1.02. The van der Waals surface area contributed by atoms with Gasteiger partial charge >= 0.3 is 11.9 Å². The number of hydrogen-bond acceptors (Lipinski definition) is 15. The summed E-state index contributed by atoms with van der Waals surface area (Å²) in [6, 6.07) is 5.38. The second kappa shape index (κ2) is 18.9. The van der Waals surface area contributed by atoms with Crippen molar-refractivity contribution in [2.75, 3.05) is 57.5 Å². The average molecular weight is 762 g/mol. The number of rotatable bonds is 17. The second-order valence-electron chi connectivity index (χ2n) is 15.3. The Balaban J connectivity index is 1.26. The van der Waals surface area contributed by atoms with Crippen molar-refractivity contribution in [3.05, 3.63) is 29.3 Å². The summed E-state index contributed by atoms with van der Waals surface area (Å²) in [7, 11) is 0. The van der Waals surface area contributed by atoms with Crippen LogP contribution in [0.25, 0.3) is 0 Å². The number of morpholine rings is 1. The molecule has 1 fully saturated rings. The lowest BCUT2D eigenvalue weighted by Gasteiger charge is -2.37. The Labute approximate surface area is 315 Å². The number of aliphatic hydroxyl groups excluding tert-OH is 1. The van der Waals surface area contributed by atoms with Crippen molar-refractivity contribution in [3.63, 3.8) is 0 Å². The van der Waals surface area contributed by atoms with Gasteiger partial charge < -0.3 is 43.9 Å². The molecule has 294 valence electrons. The Morgan fingerprint density at radius 3 is 2.45 bits per heavy atom. The highest BCUT2D eigenvalue weighted by Gasteiger charge is 2.31. The van der Waals surface area contributed by atoms with E-state index >= 15 is 0 Å². The largest absolute Gasteiger partial charge is 0.489 e. The van der Waals surface area contributed by atoms with E-state index in [0.717, 1.165) is 30.1 Å². The van der Waals surface area contributed by atoms with E-state index in [1.165, 1.54) is 11.8 Å². The average Bonchev–Trinajstić information content (AvgIpc) is 3.58. The number of ether oxygens (including phenoxy) is 5. The fourth-order valence-corrected chi connectivity index (χ4v) is 6.37. The molecule has 1 amide bonds. The van der Waals surface area contributed by atoms with Crippen LogP contribution in [0.2, 0.25) is 0 Å². The molecule has 16 heteroatoms. The Bertz CT molecular complexity index is 1550. The number of carbonyl (C=O) groups is 4. The Kier molecular flexibility index (Phi) is 15.0. The molecule has 15 nitrogen and oxygen atoms in total. The van der Waals surface area contributed by atoms with E-state index in [2.05, 4.69) is 14.1 Å². The van der Waals surface area contributed by atoms with Gasteiger partial charge in [0.1, 0.15) is 31.2 Å². The van der Waals surface area contributed by atoms with E-state index < -0.39 is 35.8 Å². The van der Waals surface area contributed by atoms with Crippen LogP contribution in [0.3, 0.4) is 0 Å². The summed E-state index contributed by atoms with van der Waals surface area (Å²) in [6.07, 6.45) is -1.50. The van der Waals surface area contributed by atoms with E-state index in [1.807, 2.05) is 46.4 Å². The summed E-state index contributed by atoms with van der Waals surface area (Å²) in [5.41, 5.74) is 0.566. The number of β-amino-alcohol motifs (C(OH)–C–C–N with tert-alkyl or cyclic N) is 1. The number of anilines is 1. The zero-order valence-electron chi connectivity index (χ0n) is 32.0. The van der Waals surface area contributed by atoms with Gasteiger partial charge in [0.2, 0.25) is 11.7 Å². The van der Waals surface area contributed by atoms with E-state index in [0.29, 0.717) is 55.7 Å². The van der Waals surface area contributed by atoms with Gasteiger partial charge in [-0.25, -0.2) is 4.79 Å². The van der Waals surface area contributed by atoms with Crippen LogP contribution in [0, 0.1) is 0 Å². The Hall–Kier alpha value is -3.86. The standard InChI is InChI=1S/C37H55N5O10S/c1-24(35(47)52-26(20-38-36(2,3)4)23-49-30-13-9-10-27-28(30)11-8-12-29(27)44)51-32(46)15-14-31(45)42(37(5,6)7)21-25(43)22-50-34-33(39-53-40-34)41-16-18-48-19-17-41/h9-10,13,24-26,38,43H,8,11-12,14-23H2,1-7H3/t24?,25-,26-/m0/s1. The molecule has 1 aromatic carbocycles. The highest BCUT2D eigenvalue weighted by atomic mass is 32.1. The molecule has 1 aliphatic carbocycles. The number of esters is 2. The highest BCUT2D eigenvalue weighted by Crippen LogP contribution is 2.30. The molecule has 2 aliphatic rings. The minimum atomic E-state index is -1.24. The molecule has 1 unspecified atom stereocenters. The first-order chi connectivity index (χ1) is 25.0. The lowest BCUT2D eigenvalue weighted by Crippen LogP contribution is -2.50. The van der Waals surface area contributed by atoms with Crippen molar-refractivity contribution in [2.24, 2.45) is 0 Å². The monoisotopic (exact) mass is 761 g/mol. The van der Waals surface area contributed by atoms with E-state index in [4.69, 9.17) is 23.7 Å². The first-order valence-corrected chi connectivity index (χ1v) is 18.9. The van der Waals surface area contributed by atoms with Crippen molar-refractivity contribution in [1.82, 2.24) is 19.0 Å². The summed E-state index contributed by atoms with van der Waals surface area (Å²) in [5.74, 6) is -0.293. The molecule has 0 radical (unpaired) electrons. The molecular weight excluding hydrogens is 706 g/mol. The summed E-state index contributed by atoms with van der Waals surface area (Å²) in [5, 5.41) is 14.2. The number of nitrogens with one attached hydrogen (secondary N) is 1. The Morgan fingerprint density at radius 2 is 1.75 bits per heavy atom. The third-order valence-corrected chi connectivity index (χ3v) is 9.19. The van der Waals surface area contributed by atoms with Crippen molar-refractivity contribution >= 4 is 41.2 Å². The van der Waals surface area contributed by atoms with Crippen LogP contribution in [0.15, 0.2) is 18.2 Å². The number of nitrogens with zero attached hydrogens (tertiary/aromatic N) is 4. The SMILES string of the molecule is CC(OC(=O)CCC(=O)N(C[C@H](O)COc1nsnc1N1CCOCC1)C(C)(C)C)C(=O)O[C@@H](CNC(C)(C)C)COc1cccc2c1CCCC2=O. The number of Topliss-reactive ketones (excluding diaryl/α,β-unsaturated/α-hetero) is 1. The molecule has 2 heterocycles. The van der Waals surface area contributed by atoms with Crippen LogP contribution >= 0.6 is 11.7 Å². The van der Waals surface area contributed by atoms with Crippen molar-refractivity contribution in [2.45, 2.75) is 110 Å². The quantitative estimate of drug-likeness (QED) is 0.224. The number of aliphatic hydroxyl groups is 1. The van der Waals surface area contributed by atoms with E-state index in [1.54, 1.807) is 18.2 Å². The van der Waals surface area contributed by atoms with Crippen LogP contribution in [0.1, 0.15) is 90.1 Å². The molecule has 0 bridgehead atoms. The number of amides is 1. The second-order valence-corrected chi connectivity index (χ2v) is 15.9. The molecule has 53 heavy (non-hydrogen) atoms. The molecule has 4 rings (SSSR count). The summed E-state index contributed by atoms with van der Waals surface area (Å²) in [4.78, 5) is 55.1. The van der Waals surface area contributed by atoms with E-state index in [9.17, 15) is 24.3 Å². The Morgan fingerprint density at radius 1 is 1.02 bits per heavy atom. The fraction of sp³-hybridized carbons (Fsp3) is 0.676. The molecule has 2 N–H and O–H groups in total. The van der Waals surface area contributed by atoms with Crippen LogP contribution in [-0.4, -0.2) is 124 Å². The van der Waals surface area contributed by atoms with Gasteiger partial charge in [0.25, 0.3) is 5.88 Å². The minimum absolute atomic E-state index is 0.0177. The zero-order valence-corrected chi connectivity index (χ0v) is 32.8. The van der Waals surface area contributed by atoms with Crippen molar-refractivity contribution in [1.29, 1.82) is 0 Å². The molecule has 0 saturated carbocycles. The normalized spacial score (nSPS) is 16.6. The lowest BCUT2D eigenvalue weighted by molar-refractivity contribution is -0.171. The number of fused-ring (bicyclic) bond motifs is 1. The molecular formula is C37H55N5O10S. The third kappa shape index (κ3) is 12.9. The number of carbonyl (C=O) groups excluding carboxylic acids is 4. The maximum atomic E-state index is 13.3. The predicted octanol–water partition coefficient (Wildman–Crippen LogP) is 3.35. The van der Waals surface area contributed by atoms with Gasteiger partial charge in [-0.2, -0.15) is 4.37 Å². The number of benzene rings is 1. The van der Waals surface area contributed by atoms with E-state index in [-0.39, 0.29) is 56.4 Å². The maximum absolute atomic E-state index is 13.3. The first kappa shape index (κ1) is 41.9. The topological polar surface area (TPSA) is 179 Å². The minimum Gasteiger partial charge on any atom is -0.489 e. The summed E-state index contributed by atoms with van der Waals surface area (Å²) in [6.45, 7) is 15.4. The van der Waals surface area contributed by atoms with Gasteiger partial charge in [-0.3, -0.25) is 14.4 Å². The molecule has 1 aromatic heterocycles. The lowest BCUT2D eigenvalue weighted by atomic mass is 9.90. The predicted molar refractivity (Wildman–Crippen MR) is 198 cm³/mol. The fourth-order valence-electron chi connectivity index (χ4n) is 5.85. The maximum Gasteiger partial charge on any atom is 0.347 e. The third-order valence-electron chi connectivity index (χ3n) is 8.68. The van der Waals surface area contributed by atoms with Gasteiger partial charge in [-0.1, -0.05) is 12.1 Å². The van der Waals surface area contributed by atoms with Crippen LogP contribution < -0.4 is 19.7 Å². The van der Waals surface area contributed by atoms with Crippen molar-refractivity contribution in [3.8, 4) is 11.6 Å². The van der Waals surface area contributed by atoms with Crippen LogP contribution in [0.5, 0.6) is 11.6 Å². The molecule has 0 spiro atoms. The zero-order chi connectivity index (χ0) is 38.8. The van der Waals surface area contributed by atoms with Crippen molar-refractivity contribution < 1.29 is 48.0 Å². The molecule has 1 aliphatic heterocycles. The van der Waals surface area contributed by atoms with Gasteiger partial charge in [0.15, 0.2) is 11.9 Å². The number of hydrogen-bond donors (Lipinski definition) is 2. The summed E-state index contributed by atoms with van der Waals surface area (Å²) < 4.78 is 36.9. The van der Waals surface area contributed by atoms with Crippen LogP contribution in [0.4, 0.5) is 5.82 Å². The van der Waals surface area contributed by atoms with Gasteiger partial charge in [-0.15, -0.1) is 4.37 Å². The highest BCUT2D eigenvalue weighted by molar-refractivity contribution is 6.99. The van der Waals surface area contributed by atoms with Gasteiger partial charge in [0.05, 0.1) is 37.9 Å². The van der Waals surface area contributed by atoms with Gasteiger partial charge in [0, 0.05) is 54.7 Å². The number of aromatic nitrogens is 2. The molecule has 3 atom stereocenters. The number of ketones is 1. The molecule has 2 aromatic rings. The first-order valence-electron chi connectivity index (χ1n) is 18.2.